The molecule has 1 amide bonds. The van der Waals surface area contributed by atoms with Gasteiger partial charge in [0.05, 0.1) is 5.56 Å². The number of carbonyl (C=O) groups excluding carboxylic acids is 1. The Labute approximate surface area is 133 Å². The first-order valence-electron chi connectivity index (χ1n) is 6.40. The van der Waals surface area contributed by atoms with E-state index in [9.17, 15) is 4.79 Å². The number of amides is 1. The summed E-state index contributed by atoms with van der Waals surface area (Å²) in [5, 5.41) is 0.618. The van der Waals surface area contributed by atoms with E-state index < -0.39 is 0 Å². The summed E-state index contributed by atoms with van der Waals surface area (Å²) in [6.07, 6.45) is 2.08. The van der Waals surface area contributed by atoms with Crippen molar-refractivity contribution in [1.29, 1.82) is 0 Å². The Hall–Kier alpha value is -0.330. The molecule has 0 N–H and O–H groups in total. The van der Waals surface area contributed by atoms with Gasteiger partial charge in [-0.15, -0.1) is 0 Å². The maximum Gasteiger partial charge on any atom is 0.254 e. The molecule has 1 aromatic rings. The van der Waals surface area contributed by atoms with Crippen molar-refractivity contribution in [3.8, 4) is 0 Å². The predicted octanol–water partition coefficient (Wildman–Crippen LogP) is 3.11. The maximum atomic E-state index is 12.5. The molecule has 0 unspecified atom stereocenters. The van der Waals surface area contributed by atoms with Crippen LogP contribution in [0.3, 0.4) is 0 Å². The normalized spacial score (nSPS) is 17.0. The minimum absolute atomic E-state index is 0.101. The number of hydrogen-bond acceptors (Lipinski definition) is 2. The number of hydrogen-bond donors (Lipinski definition) is 0. The number of halogens is 2. The van der Waals surface area contributed by atoms with Crippen LogP contribution in [-0.2, 0) is 0 Å². The summed E-state index contributed by atoms with van der Waals surface area (Å²) < 4.78 is 0.960. The fourth-order valence-electron chi connectivity index (χ4n) is 2.42. The fraction of sp³-hybridized carbons (Fsp3) is 0.500. The highest BCUT2D eigenvalue weighted by atomic mass is 127. The van der Waals surface area contributed by atoms with Gasteiger partial charge in [0.15, 0.2) is 0 Å². The van der Waals surface area contributed by atoms with Crippen LogP contribution < -0.4 is 0 Å². The molecule has 1 saturated heterocycles. The van der Waals surface area contributed by atoms with Crippen molar-refractivity contribution in [1.82, 2.24) is 9.80 Å². The van der Waals surface area contributed by atoms with Gasteiger partial charge in [-0.05, 0) is 67.7 Å². The highest BCUT2D eigenvalue weighted by molar-refractivity contribution is 14.1. The van der Waals surface area contributed by atoms with Crippen LogP contribution in [0.25, 0.3) is 0 Å². The fourth-order valence-corrected chi connectivity index (χ4v) is 3.16. The summed E-state index contributed by atoms with van der Waals surface area (Å²) in [5.74, 6) is 0.101. The van der Waals surface area contributed by atoms with Crippen LogP contribution in [0, 0.1) is 3.57 Å². The standard InChI is InChI=1S/C14H18ClIN2O/c1-17(2)11-5-7-18(8-6-11)14(19)12-9-10(15)3-4-13(12)16/h3-4,9,11H,5-8H2,1-2H3. The van der Waals surface area contributed by atoms with Crippen LogP contribution in [-0.4, -0.2) is 48.9 Å². The number of nitrogens with zero attached hydrogens (tertiary/aromatic N) is 2. The second-order valence-corrected chi connectivity index (χ2v) is 6.71. The first-order valence-corrected chi connectivity index (χ1v) is 7.85. The molecular weight excluding hydrogens is 375 g/mol. The summed E-state index contributed by atoms with van der Waals surface area (Å²) in [5.41, 5.74) is 0.719. The molecule has 5 heteroatoms. The lowest BCUT2D eigenvalue weighted by Gasteiger charge is -2.35. The predicted molar refractivity (Wildman–Crippen MR) is 86.8 cm³/mol. The van der Waals surface area contributed by atoms with Crippen molar-refractivity contribution in [3.63, 3.8) is 0 Å². The van der Waals surface area contributed by atoms with Gasteiger partial charge in [0.25, 0.3) is 5.91 Å². The van der Waals surface area contributed by atoms with Gasteiger partial charge in [-0.25, -0.2) is 0 Å². The van der Waals surface area contributed by atoms with E-state index in [1.54, 1.807) is 6.07 Å². The minimum Gasteiger partial charge on any atom is -0.338 e. The second kappa shape index (κ2) is 6.41. The molecule has 0 radical (unpaired) electrons. The highest BCUT2D eigenvalue weighted by Crippen LogP contribution is 2.22. The zero-order chi connectivity index (χ0) is 14.0. The third kappa shape index (κ3) is 3.61. The van der Waals surface area contributed by atoms with E-state index in [1.165, 1.54) is 0 Å². The van der Waals surface area contributed by atoms with E-state index in [4.69, 9.17) is 11.6 Å². The van der Waals surface area contributed by atoms with Gasteiger partial charge in [0.1, 0.15) is 0 Å². The quantitative estimate of drug-likeness (QED) is 0.722. The van der Waals surface area contributed by atoms with Crippen LogP contribution in [0.5, 0.6) is 0 Å². The molecule has 0 saturated carbocycles. The second-order valence-electron chi connectivity index (χ2n) is 5.11. The molecular formula is C14H18ClIN2O. The monoisotopic (exact) mass is 392 g/mol. The van der Waals surface area contributed by atoms with Crippen LogP contribution in [0.4, 0.5) is 0 Å². The van der Waals surface area contributed by atoms with Gasteiger partial charge < -0.3 is 9.80 Å². The third-order valence-electron chi connectivity index (χ3n) is 3.64. The summed E-state index contributed by atoms with van der Waals surface area (Å²) in [4.78, 5) is 16.7. The van der Waals surface area contributed by atoms with Crippen LogP contribution >= 0.6 is 34.2 Å². The zero-order valence-corrected chi connectivity index (χ0v) is 14.1. The molecule has 1 heterocycles. The first-order chi connectivity index (χ1) is 8.99. The van der Waals surface area contributed by atoms with Gasteiger partial charge in [0, 0.05) is 27.7 Å². The van der Waals surface area contributed by atoms with E-state index in [1.807, 2.05) is 17.0 Å². The molecule has 1 fully saturated rings. The molecule has 1 aliphatic rings. The topological polar surface area (TPSA) is 23.6 Å². The van der Waals surface area contributed by atoms with E-state index in [-0.39, 0.29) is 5.91 Å². The van der Waals surface area contributed by atoms with Crippen molar-refractivity contribution in [2.75, 3.05) is 27.2 Å². The van der Waals surface area contributed by atoms with Crippen LogP contribution in [0.1, 0.15) is 23.2 Å². The average molecular weight is 393 g/mol. The van der Waals surface area contributed by atoms with Crippen LogP contribution in [0.2, 0.25) is 5.02 Å². The van der Waals surface area contributed by atoms with Crippen LogP contribution in [0.15, 0.2) is 18.2 Å². The first kappa shape index (κ1) is 15.1. The lowest BCUT2D eigenvalue weighted by atomic mass is 10.0. The molecule has 0 atom stereocenters. The van der Waals surface area contributed by atoms with E-state index in [0.717, 1.165) is 35.1 Å². The molecule has 0 aliphatic carbocycles. The van der Waals surface area contributed by atoms with E-state index in [2.05, 4.69) is 41.6 Å². The Kier molecular flexibility index (Phi) is 5.09. The van der Waals surface area contributed by atoms with Crippen molar-refractivity contribution in [2.45, 2.75) is 18.9 Å². The van der Waals surface area contributed by atoms with Gasteiger partial charge in [0.2, 0.25) is 0 Å². The Morgan fingerprint density at radius 1 is 1.37 bits per heavy atom. The molecule has 1 aromatic carbocycles. The average Bonchev–Trinajstić information content (AvgIpc) is 2.41. The molecule has 0 bridgehead atoms. The van der Waals surface area contributed by atoms with Gasteiger partial charge in [-0.1, -0.05) is 11.6 Å². The molecule has 3 nitrogen and oxygen atoms in total. The number of rotatable bonds is 2. The Balaban J connectivity index is 2.07. The van der Waals surface area contributed by atoms with Gasteiger partial charge in [-0.3, -0.25) is 4.79 Å². The van der Waals surface area contributed by atoms with Gasteiger partial charge in [-0.2, -0.15) is 0 Å². The maximum absolute atomic E-state index is 12.5. The van der Waals surface area contributed by atoms with E-state index >= 15 is 0 Å². The summed E-state index contributed by atoms with van der Waals surface area (Å²) in [6, 6.07) is 6.06. The van der Waals surface area contributed by atoms with Crippen molar-refractivity contribution in [3.05, 3.63) is 32.4 Å². The molecule has 2 rings (SSSR count). The Morgan fingerprint density at radius 3 is 2.58 bits per heavy atom. The SMILES string of the molecule is CN(C)C1CCN(C(=O)c2cc(Cl)ccc2I)CC1. The number of likely N-dealkylation sites (tertiary alicyclic amines) is 1. The number of carbonyl (C=O) groups is 1. The third-order valence-corrected chi connectivity index (χ3v) is 4.82. The molecule has 1 aliphatic heterocycles. The largest absolute Gasteiger partial charge is 0.338 e. The number of piperidine rings is 1. The Bertz CT molecular complexity index is 471. The molecule has 104 valence electrons. The molecule has 0 spiro atoms. The Morgan fingerprint density at radius 2 is 2.00 bits per heavy atom. The zero-order valence-electron chi connectivity index (χ0n) is 11.2. The summed E-state index contributed by atoms with van der Waals surface area (Å²) >= 11 is 8.17. The molecule has 19 heavy (non-hydrogen) atoms. The summed E-state index contributed by atoms with van der Waals surface area (Å²) in [6.45, 7) is 1.65. The van der Waals surface area contributed by atoms with E-state index in [0.29, 0.717) is 11.1 Å². The highest BCUT2D eigenvalue weighted by Gasteiger charge is 2.25. The van der Waals surface area contributed by atoms with Gasteiger partial charge >= 0.3 is 0 Å². The minimum atomic E-state index is 0.101. The lowest BCUT2D eigenvalue weighted by molar-refractivity contribution is 0.0662. The number of benzene rings is 1. The summed E-state index contributed by atoms with van der Waals surface area (Å²) in [7, 11) is 4.20. The lowest BCUT2D eigenvalue weighted by Crippen LogP contribution is -2.44. The smallest absolute Gasteiger partial charge is 0.254 e. The van der Waals surface area contributed by atoms with Crippen molar-refractivity contribution >= 4 is 40.1 Å². The van der Waals surface area contributed by atoms with Crippen molar-refractivity contribution in [2.24, 2.45) is 0 Å². The molecule has 0 aromatic heterocycles. The van der Waals surface area contributed by atoms with Crippen molar-refractivity contribution < 1.29 is 4.79 Å².